The van der Waals surface area contributed by atoms with E-state index in [9.17, 15) is 26.4 Å². The van der Waals surface area contributed by atoms with E-state index in [4.69, 9.17) is 11.5 Å². The highest BCUT2D eigenvalue weighted by Crippen LogP contribution is 2.11. The van der Waals surface area contributed by atoms with Gasteiger partial charge >= 0.3 is 0 Å². The van der Waals surface area contributed by atoms with Crippen molar-refractivity contribution in [3.63, 3.8) is 0 Å². The molecule has 2 aromatic carbocycles. The molecule has 0 aliphatic heterocycles. The van der Waals surface area contributed by atoms with Gasteiger partial charge in [0.15, 0.2) is 0 Å². The molecule has 2 unspecified atom stereocenters. The fourth-order valence-electron chi connectivity index (χ4n) is 4.47. The van der Waals surface area contributed by atoms with E-state index in [0.717, 1.165) is 15.4 Å². The van der Waals surface area contributed by atoms with E-state index in [1.807, 2.05) is 60.7 Å². The predicted molar refractivity (Wildman–Crippen MR) is 164 cm³/mol. The number of benzene rings is 2. The molecule has 0 bridgehead atoms. The number of nitrogens with one attached hydrogen (secondary N) is 2. The summed E-state index contributed by atoms with van der Waals surface area (Å²) in [6, 6.07) is 16.7. The minimum Gasteiger partial charge on any atom is -0.350 e. The Labute approximate surface area is 249 Å². The third kappa shape index (κ3) is 11.4. The van der Waals surface area contributed by atoms with Crippen molar-refractivity contribution in [3.05, 3.63) is 71.8 Å². The topological polar surface area (TPSA) is 185 Å². The normalized spacial score (nSPS) is 13.6. The molecule has 2 atom stereocenters. The van der Waals surface area contributed by atoms with Crippen molar-refractivity contribution in [2.45, 2.75) is 38.8 Å². The van der Waals surface area contributed by atoms with E-state index < -0.39 is 50.5 Å². The molecule has 0 saturated carbocycles. The molecule has 6 N–H and O–H groups in total. The number of hydrogen-bond acceptors (Lipinski definition) is 8. The molecule has 0 heterocycles. The summed E-state index contributed by atoms with van der Waals surface area (Å²) in [5, 5.41) is 5.64. The lowest BCUT2D eigenvalue weighted by Gasteiger charge is -2.29. The van der Waals surface area contributed by atoms with Gasteiger partial charge in [-0.2, -0.15) is 4.31 Å². The van der Waals surface area contributed by atoms with Gasteiger partial charge in [-0.25, -0.2) is 21.1 Å². The van der Waals surface area contributed by atoms with Gasteiger partial charge in [0.2, 0.25) is 31.9 Å². The molecule has 0 spiro atoms. The van der Waals surface area contributed by atoms with Crippen molar-refractivity contribution in [3.8, 4) is 0 Å². The number of carbonyl (C=O) groups excluding carboxylic acids is 2. The molecule has 2 aromatic rings. The molecule has 0 aliphatic rings. The fraction of sp³-hybridized carbons (Fsp3) is 0.500. The zero-order valence-corrected chi connectivity index (χ0v) is 25.9. The monoisotopic (exact) mass is 624 g/mol. The van der Waals surface area contributed by atoms with E-state index in [1.165, 1.54) is 4.31 Å². The molecule has 0 aliphatic carbocycles. The van der Waals surface area contributed by atoms with E-state index in [2.05, 4.69) is 10.6 Å². The Morgan fingerprint density at radius 3 is 1.69 bits per heavy atom. The minimum atomic E-state index is -3.75. The van der Waals surface area contributed by atoms with Gasteiger partial charge < -0.3 is 22.1 Å². The van der Waals surface area contributed by atoms with Gasteiger partial charge in [0.1, 0.15) is 6.04 Å². The Bertz CT molecular complexity index is 1330. The lowest BCUT2D eigenvalue weighted by molar-refractivity contribution is -0.129. The molecule has 234 valence electrons. The van der Waals surface area contributed by atoms with Gasteiger partial charge in [-0.15, -0.1) is 0 Å². The average molecular weight is 625 g/mol. The summed E-state index contributed by atoms with van der Waals surface area (Å²) in [6.45, 7) is 3.01. The van der Waals surface area contributed by atoms with Crippen molar-refractivity contribution in [2.24, 2.45) is 11.5 Å². The number of sulfonamides is 2. The quantitative estimate of drug-likeness (QED) is 0.164. The summed E-state index contributed by atoms with van der Waals surface area (Å²) in [6.07, 6.45) is 0.481. The van der Waals surface area contributed by atoms with Gasteiger partial charge in [-0.1, -0.05) is 74.5 Å². The first kappa shape index (κ1) is 35.3. The molecule has 0 fully saturated rings. The lowest BCUT2D eigenvalue weighted by Crippen LogP contribution is -2.55. The number of amides is 2. The summed E-state index contributed by atoms with van der Waals surface area (Å²) in [4.78, 5) is 26.8. The smallest absolute Gasteiger partial charge is 0.243 e. The van der Waals surface area contributed by atoms with Crippen molar-refractivity contribution < 1.29 is 26.4 Å². The van der Waals surface area contributed by atoms with Crippen LogP contribution in [0.2, 0.25) is 0 Å². The first-order valence-electron chi connectivity index (χ1n) is 14.0. The van der Waals surface area contributed by atoms with Crippen LogP contribution in [0.5, 0.6) is 0 Å². The van der Waals surface area contributed by atoms with Crippen LogP contribution in [-0.4, -0.2) is 100 Å². The largest absolute Gasteiger partial charge is 0.350 e. The lowest BCUT2D eigenvalue weighted by atomic mass is 10.0. The van der Waals surface area contributed by atoms with Crippen LogP contribution in [0.25, 0.3) is 0 Å². The number of likely N-dealkylation sites (N-methyl/N-ethyl adjacent to an activating group) is 2. The minimum absolute atomic E-state index is 0.00636. The average Bonchev–Trinajstić information content (AvgIpc) is 2.95. The Kier molecular flexibility index (Phi) is 14.5. The molecule has 2 amide bonds. The van der Waals surface area contributed by atoms with Gasteiger partial charge in [0.05, 0.1) is 18.1 Å². The van der Waals surface area contributed by atoms with Crippen LogP contribution in [0.4, 0.5) is 0 Å². The first-order chi connectivity index (χ1) is 19.9. The second-order valence-corrected chi connectivity index (χ2v) is 14.0. The predicted octanol–water partition coefficient (Wildman–Crippen LogP) is -0.338. The second-order valence-electron chi connectivity index (χ2n) is 9.79. The number of nitrogens with two attached hydrogens (primary N) is 2. The maximum absolute atomic E-state index is 13.7. The summed E-state index contributed by atoms with van der Waals surface area (Å²) < 4.78 is 53.0. The summed E-state index contributed by atoms with van der Waals surface area (Å²) >= 11 is 0. The second kappa shape index (κ2) is 17.3. The first-order valence-corrected chi connectivity index (χ1v) is 17.2. The number of carbonyl (C=O) groups is 2. The summed E-state index contributed by atoms with van der Waals surface area (Å²) in [5.74, 6) is -1.69. The third-order valence-electron chi connectivity index (χ3n) is 6.59. The SMILES string of the molecule is CCN(CC(=O)NC(Cc1ccccc1)C(=O)NC(Cc1ccccc1)CN(CC)S(=O)(=O)CCN)S(=O)(=O)CCN. The summed E-state index contributed by atoms with van der Waals surface area (Å²) in [7, 11) is -7.40. The van der Waals surface area contributed by atoms with Crippen molar-refractivity contribution in [1.82, 2.24) is 19.2 Å². The maximum Gasteiger partial charge on any atom is 0.243 e. The molecule has 0 saturated heterocycles. The van der Waals surface area contributed by atoms with Crippen molar-refractivity contribution in [2.75, 3.05) is 50.8 Å². The Morgan fingerprint density at radius 2 is 1.21 bits per heavy atom. The van der Waals surface area contributed by atoms with Crippen LogP contribution in [0.1, 0.15) is 25.0 Å². The van der Waals surface area contributed by atoms with Crippen molar-refractivity contribution >= 4 is 31.9 Å². The van der Waals surface area contributed by atoms with Gasteiger partial charge in [-0.05, 0) is 17.5 Å². The zero-order chi connectivity index (χ0) is 31.2. The molecule has 14 heteroatoms. The molecule has 0 aromatic heterocycles. The van der Waals surface area contributed by atoms with E-state index in [-0.39, 0.29) is 50.7 Å². The van der Waals surface area contributed by atoms with Crippen molar-refractivity contribution in [1.29, 1.82) is 0 Å². The molecular formula is C28H44N6O6S2. The Balaban J connectivity index is 2.33. The van der Waals surface area contributed by atoms with E-state index in [1.54, 1.807) is 13.8 Å². The Hall–Kier alpha value is -2.88. The van der Waals surface area contributed by atoms with Crippen LogP contribution in [0.3, 0.4) is 0 Å². The Morgan fingerprint density at radius 1 is 0.738 bits per heavy atom. The standard InChI is InChI=1S/C28H44N6O6S2/c1-3-33(41(37,38)17-15-29)21-25(19-23-11-7-5-8-12-23)31-28(36)26(20-24-13-9-6-10-14-24)32-27(35)22-34(4-2)42(39,40)18-16-30/h5-14,25-26H,3-4,15-22,29-30H2,1-2H3,(H,31,36)(H,32,35). The number of hydrogen-bond donors (Lipinski definition) is 4. The van der Waals surface area contributed by atoms with Gasteiger partial charge in [0, 0.05) is 45.2 Å². The van der Waals surface area contributed by atoms with Crippen LogP contribution < -0.4 is 22.1 Å². The molecule has 12 nitrogen and oxygen atoms in total. The highest BCUT2D eigenvalue weighted by molar-refractivity contribution is 7.89. The number of nitrogens with zero attached hydrogens (tertiary/aromatic N) is 2. The van der Waals surface area contributed by atoms with E-state index in [0.29, 0.717) is 6.42 Å². The zero-order valence-electron chi connectivity index (χ0n) is 24.3. The maximum atomic E-state index is 13.7. The highest BCUT2D eigenvalue weighted by atomic mass is 32.2. The highest BCUT2D eigenvalue weighted by Gasteiger charge is 2.29. The van der Waals surface area contributed by atoms with Crippen LogP contribution in [0, 0.1) is 0 Å². The third-order valence-corrected chi connectivity index (χ3v) is 10.5. The fourth-order valence-corrected chi connectivity index (χ4v) is 7.09. The van der Waals surface area contributed by atoms with Crippen LogP contribution >= 0.6 is 0 Å². The summed E-state index contributed by atoms with van der Waals surface area (Å²) in [5.41, 5.74) is 12.6. The molecular weight excluding hydrogens is 580 g/mol. The molecule has 2 rings (SSSR count). The van der Waals surface area contributed by atoms with Crippen LogP contribution in [0.15, 0.2) is 60.7 Å². The van der Waals surface area contributed by atoms with E-state index >= 15 is 0 Å². The molecule has 0 radical (unpaired) electrons. The van der Waals surface area contributed by atoms with Gasteiger partial charge in [-0.3, -0.25) is 9.59 Å². The number of rotatable bonds is 19. The molecule has 42 heavy (non-hydrogen) atoms. The van der Waals surface area contributed by atoms with Gasteiger partial charge in [0.25, 0.3) is 0 Å². The van der Waals surface area contributed by atoms with Crippen LogP contribution in [-0.2, 0) is 42.5 Å².